The molecule has 126 valence electrons. The van der Waals surface area contributed by atoms with Crippen molar-refractivity contribution < 1.29 is 9.53 Å². The molecule has 0 saturated carbocycles. The van der Waals surface area contributed by atoms with E-state index in [1.54, 1.807) is 61.1 Å². The molecule has 0 unspecified atom stereocenters. The quantitative estimate of drug-likeness (QED) is 0.747. The molecule has 1 N–H and O–H groups in total. The predicted octanol–water partition coefficient (Wildman–Crippen LogP) is 2.46. The highest BCUT2D eigenvalue weighted by Gasteiger charge is 2.05. The Morgan fingerprint density at radius 3 is 2.52 bits per heavy atom. The zero-order valence-electron chi connectivity index (χ0n) is 13.3. The van der Waals surface area contributed by atoms with E-state index in [0.717, 1.165) is 0 Å². The maximum absolute atomic E-state index is 12.0. The fraction of sp³-hybridized carbons (Fsp3) is 0.111. The summed E-state index contributed by atoms with van der Waals surface area (Å²) in [5.41, 5.74) is 0.520. The van der Waals surface area contributed by atoms with Crippen LogP contribution in [-0.2, 0) is 11.3 Å². The molecule has 0 radical (unpaired) electrons. The number of pyridine rings is 1. The van der Waals surface area contributed by atoms with Gasteiger partial charge in [-0.15, -0.1) is 0 Å². The van der Waals surface area contributed by atoms with Crippen LogP contribution in [0.25, 0.3) is 0 Å². The first-order valence-electron chi connectivity index (χ1n) is 7.71. The van der Waals surface area contributed by atoms with E-state index in [4.69, 9.17) is 4.74 Å². The predicted molar refractivity (Wildman–Crippen MR) is 92.5 cm³/mol. The highest BCUT2D eigenvalue weighted by atomic mass is 16.5. The van der Waals surface area contributed by atoms with Crippen molar-refractivity contribution in [2.75, 3.05) is 5.32 Å². The lowest BCUT2D eigenvalue weighted by molar-refractivity contribution is -0.116. The highest BCUT2D eigenvalue weighted by molar-refractivity contribution is 5.90. The third-order valence-corrected chi connectivity index (χ3v) is 3.37. The van der Waals surface area contributed by atoms with Gasteiger partial charge in [0.25, 0.3) is 5.56 Å². The van der Waals surface area contributed by atoms with Crippen molar-refractivity contribution >= 4 is 11.6 Å². The molecule has 0 aliphatic carbocycles. The Hall–Kier alpha value is -3.48. The number of rotatable bonds is 6. The Morgan fingerprint density at radius 2 is 1.80 bits per heavy atom. The van der Waals surface area contributed by atoms with E-state index in [1.165, 1.54) is 10.6 Å². The van der Waals surface area contributed by atoms with E-state index in [9.17, 15) is 9.59 Å². The lowest BCUT2D eigenvalue weighted by Gasteiger charge is -2.08. The zero-order valence-corrected chi connectivity index (χ0v) is 13.3. The van der Waals surface area contributed by atoms with Gasteiger partial charge in [0.2, 0.25) is 5.91 Å². The largest absolute Gasteiger partial charge is 0.424 e. The van der Waals surface area contributed by atoms with Gasteiger partial charge in [0, 0.05) is 43.3 Å². The number of nitrogens with one attached hydrogen (secondary N) is 1. The van der Waals surface area contributed by atoms with Crippen molar-refractivity contribution in [2.24, 2.45) is 0 Å². The first-order valence-corrected chi connectivity index (χ1v) is 7.71. The van der Waals surface area contributed by atoms with Crippen LogP contribution in [0.4, 0.5) is 5.69 Å². The summed E-state index contributed by atoms with van der Waals surface area (Å²) in [6.07, 6.45) is 5.05. The summed E-state index contributed by atoms with van der Waals surface area (Å²) in [5, 5.41) is 2.78. The molecule has 7 heteroatoms. The number of nitrogens with zero attached hydrogens (tertiary/aromatic N) is 3. The monoisotopic (exact) mass is 336 g/mol. The molecule has 1 amide bonds. The first kappa shape index (κ1) is 16.4. The summed E-state index contributed by atoms with van der Waals surface area (Å²) in [6.45, 7) is 0.331. The van der Waals surface area contributed by atoms with Gasteiger partial charge < -0.3 is 14.6 Å². The molecule has 25 heavy (non-hydrogen) atoms. The summed E-state index contributed by atoms with van der Waals surface area (Å²) >= 11 is 0. The molecule has 7 nitrogen and oxygen atoms in total. The number of benzene rings is 1. The van der Waals surface area contributed by atoms with Crippen molar-refractivity contribution in [3.8, 4) is 11.8 Å². The van der Waals surface area contributed by atoms with Gasteiger partial charge in [-0.3, -0.25) is 9.59 Å². The summed E-state index contributed by atoms with van der Waals surface area (Å²) in [7, 11) is 0. The number of hydrogen-bond acceptors (Lipinski definition) is 5. The van der Waals surface area contributed by atoms with Crippen LogP contribution in [0.3, 0.4) is 0 Å². The zero-order chi connectivity index (χ0) is 17.5. The maximum Gasteiger partial charge on any atom is 0.321 e. The van der Waals surface area contributed by atoms with Gasteiger partial charge in [-0.05, 0) is 36.4 Å². The number of aromatic nitrogens is 3. The van der Waals surface area contributed by atoms with Crippen LogP contribution in [0.1, 0.15) is 6.42 Å². The summed E-state index contributed by atoms with van der Waals surface area (Å²) < 4.78 is 6.98. The van der Waals surface area contributed by atoms with E-state index in [2.05, 4.69) is 15.3 Å². The van der Waals surface area contributed by atoms with Crippen LogP contribution in [-0.4, -0.2) is 20.4 Å². The summed E-state index contributed by atoms with van der Waals surface area (Å²) in [5.74, 6) is 0.399. The van der Waals surface area contributed by atoms with E-state index in [0.29, 0.717) is 18.0 Å². The van der Waals surface area contributed by atoms with Gasteiger partial charge in [0.1, 0.15) is 5.75 Å². The Balaban J connectivity index is 1.53. The van der Waals surface area contributed by atoms with E-state index < -0.39 is 0 Å². The Kier molecular flexibility index (Phi) is 5.16. The second-order valence-corrected chi connectivity index (χ2v) is 5.19. The van der Waals surface area contributed by atoms with Crippen molar-refractivity contribution in [3.05, 3.63) is 77.5 Å². The average molecular weight is 336 g/mol. The minimum absolute atomic E-state index is 0.125. The number of anilines is 1. The number of hydrogen-bond donors (Lipinski definition) is 1. The second-order valence-electron chi connectivity index (χ2n) is 5.19. The molecule has 0 bridgehead atoms. The first-order chi connectivity index (χ1) is 12.2. The molecule has 0 spiro atoms. The van der Waals surface area contributed by atoms with Gasteiger partial charge in [-0.1, -0.05) is 6.07 Å². The number of aryl methyl sites for hydroxylation is 1. The second kappa shape index (κ2) is 7.87. The molecule has 3 rings (SSSR count). The van der Waals surface area contributed by atoms with Gasteiger partial charge >= 0.3 is 6.01 Å². The van der Waals surface area contributed by atoms with Gasteiger partial charge in [-0.2, -0.15) is 0 Å². The van der Waals surface area contributed by atoms with Gasteiger partial charge in [0.15, 0.2) is 0 Å². The van der Waals surface area contributed by atoms with Gasteiger partial charge in [0.05, 0.1) is 0 Å². The lowest BCUT2D eigenvalue weighted by Crippen LogP contribution is -2.21. The molecule has 0 saturated heterocycles. The smallest absolute Gasteiger partial charge is 0.321 e. The van der Waals surface area contributed by atoms with Crippen LogP contribution in [0.15, 0.2) is 71.9 Å². The van der Waals surface area contributed by atoms with Crippen molar-refractivity contribution in [1.29, 1.82) is 0 Å². The number of ether oxygens (including phenoxy) is 1. The van der Waals surface area contributed by atoms with E-state index in [1.807, 2.05) is 0 Å². The lowest BCUT2D eigenvalue weighted by atomic mass is 10.3. The third-order valence-electron chi connectivity index (χ3n) is 3.37. The van der Waals surface area contributed by atoms with Crippen LogP contribution in [0.5, 0.6) is 11.8 Å². The van der Waals surface area contributed by atoms with Crippen LogP contribution in [0, 0.1) is 0 Å². The maximum atomic E-state index is 12.0. The highest BCUT2D eigenvalue weighted by Crippen LogP contribution is 2.19. The summed E-state index contributed by atoms with van der Waals surface area (Å²) in [4.78, 5) is 31.5. The topological polar surface area (TPSA) is 86.1 Å². The normalized spacial score (nSPS) is 10.2. The van der Waals surface area contributed by atoms with Crippen LogP contribution < -0.4 is 15.6 Å². The summed E-state index contributed by atoms with van der Waals surface area (Å²) in [6, 6.07) is 13.7. The van der Waals surface area contributed by atoms with Crippen molar-refractivity contribution in [2.45, 2.75) is 13.0 Å². The van der Waals surface area contributed by atoms with Gasteiger partial charge in [-0.25, -0.2) is 9.97 Å². The molecule has 0 aliphatic heterocycles. The molecule has 2 aromatic heterocycles. The fourth-order valence-corrected chi connectivity index (χ4v) is 2.14. The molecule has 0 aliphatic rings. The Bertz CT molecular complexity index is 892. The molecule has 0 fully saturated rings. The molecule has 1 aromatic carbocycles. The van der Waals surface area contributed by atoms with Crippen molar-refractivity contribution in [3.63, 3.8) is 0 Å². The minimum atomic E-state index is -0.171. The van der Waals surface area contributed by atoms with Crippen molar-refractivity contribution in [1.82, 2.24) is 14.5 Å². The number of carbonyl (C=O) groups excluding carboxylic acids is 1. The third kappa shape index (κ3) is 4.74. The molecular formula is C18H16N4O3. The molecule has 2 heterocycles. The molecule has 3 aromatic rings. The van der Waals surface area contributed by atoms with E-state index >= 15 is 0 Å². The minimum Gasteiger partial charge on any atom is -0.424 e. The number of carbonyl (C=O) groups is 1. The van der Waals surface area contributed by atoms with Crippen LogP contribution in [0.2, 0.25) is 0 Å². The standard InChI is InChI=1S/C18H16N4O3/c23-16(9-13-22-12-2-1-4-17(22)24)21-14-5-7-15(8-6-14)25-18-19-10-3-11-20-18/h1-8,10-12H,9,13H2,(H,21,23). The molecule has 0 atom stereocenters. The average Bonchev–Trinajstić information content (AvgIpc) is 2.64. The fourth-order valence-electron chi connectivity index (χ4n) is 2.14. The molecular weight excluding hydrogens is 320 g/mol. The number of amides is 1. The SMILES string of the molecule is O=C(CCn1ccccc1=O)Nc1ccc(Oc2ncccn2)cc1. The Morgan fingerprint density at radius 1 is 1.04 bits per heavy atom. The Labute approximate surface area is 143 Å². The van der Waals surface area contributed by atoms with E-state index in [-0.39, 0.29) is 23.9 Å². The van der Waals surface area contributed by atoms with Crippen LogP contribution >= 0.6 is 0 Å².